The molecule has 17 heavy (non-hydrogen) atoms. The van der Waals surface area contributed by atoms with E-state index in [1.54, 1.807) is 7.11 Å². The summed E-state index contributed by atoms with van der Waals surface area (Å²) in [6.07, 6.45) is 1.26. The Morgan fingerprint density at radius 1 is 1.53 bits per heavy atom. The minimum Gasteiger partial charge on any atom is -0.495 e. The van der Waals surface area contributed by atoms with Crippen molar-refractivity contribution in [3.8, 4) is 5.75 Å². The molecule has 0 aliphatic carbocycles. The first kappa shape index (κ1) is 12.0. The van der Waals surface area contributed by atoms with Crippen molar-refractivity contribution in [2.24, 2.45) is 5.92 Å². The first-order chi connectivity index (χ1) is 8.20. The smallest absolute Gasteiger partial charge is 0.143 e. The van der Waals surface area contributed by atoms with E-state index < -0.39 is 0 Å². The van der Waals surface area contributed by atoms with E-state index in [-0.39, 0.29) is 0 Å². The molecule has 0 aromatic heterocycles. The van der Waals surface area contributed by atoms with Crippen molar-refractivity contribution < 1.29 is 4.74 Å². The molecular formula is C13H21N3O. The zero-order valence-electron chi connectivity index (χ0n) is 10.6. The van der Waals surface area contributed by atoms with E-state index in [1.807, 2.05) is 18.2 Å². The molecule has 1 aromatic carbocycles. The summed E-state index contributed by atoms with van der Waals surface area (Å²) in [7, 11) is 3.81. The van der Waals surface area contributed by atoms with Gasteiger partial charge in [0.2, 0.25) is 0 Å². The Bertz CT molecular complexity index is 381. The van der Waals surface area contributed by atoms with Crippen LogP contribution in [-0.4, -0.2) is 38.7 Å². The molecule has 1 aliphatic rings. The number of rotatable bonds is 4. The number of nitrogens with one attached hydrogen (secondary N) is 1. The highest BCUT2D eigenvalue weighted by Gasteiger charge is 2.19. The highest BCUT2D eigenvalue weighted by atomic mass is 16.5. The zero-order chi connectivity index (χ0) is 12.3. The van der Waals surface area contributed by atoms with E-state index in [2.05, 4.69) is 17.3 Å². The molecule has 1 atom stereocenters. The topological polar surface area (TPSA) is 50.5 Å². The summed E-state index contributed by atoms with van der Waals surface area (Å²) in [6, 6.07) is 5.83. The van der Waals surface area contributed by atoms with Gasteiger partial charge in [0.25, 0.3) is 0 Å². The van der Waals surface area contributed by atoms with Crippen LogP contribution in [0.25, 0.3) is 0 Å². The fourth-order valence-electron chi connectivity index (χ4n) is 2.32. The number of para-hydroxylation sites is 1. The lowest BCUT2D eigenvalue weighted by Crippen LogP contribution is -2.19. The molecule has 1 aromatic rings. The van der Waals surface area contributed by atoms with Gasteiger partial charge < -0.3 is 20.7 Å². The third-order valence-electron chi connectivity index (χ3n) is 3.36. The van der Waals surface area contributed by atoms with Crippen LogP contribution in [0.3, 0.4) is 0 Å². The highest BCUT2D eigenvalue weighted by Crippen LogP contribution is 2.29. The van der Waals surface area contributed by atoms with Gasteiger partial charge in [-0.1, -0.05) is 6.07 Å². The van der Waals surface area contributed by atoms with E-state index in [4.69, 9.17) is 10.5 Å². The second kappa shape index (κ2) is 5.27. The maximum absolute atomic E-state index is 6.01. The summed E-state index contributed by atoms with van der Waals surface area (Å²) >= 11 is 0. The molecule has 1 fully saturated rings. The molecule has 3 N–H and O–H groups in total. The zero-order valence-corrected chi connectivity index (χ0v) is 10.6. The van der Waals surface area contributed by atoms with Gasteiger partial charge in [0.15, 0.2) is 0 Å². The summed E-state index contributed by atoms with van der Waals surface area (Å²) in [5.74, 6) is 1.45. The molecule has 4 nitrogen and oxygen atoms in total. The van der Waals surface area contributed by atoms with Crippen molar-refractivity contribution in [3.05, 3.63) is 18.2 Å². The number of nitrogen functional groups attached to an aromatic ring is 1. The summed E-state index contributed by atoms with van der Waals surface area (Å²) in [4.78, 5) is 2.36. The van der Waals surface area contributed by atoms with Gasteiger partial charge >= 0.3 is 0 Å². The van der Waals surface area contributed by atoms with E-state index in [0.29, 0.717) is 11.6 Å². The van der Waals surface area contributed by atoms with Crippen LogP contribution in [0.4, 0.5) is 11.4 Å². The second-order valence-corrected chi connectivity index (χ2v) is 4.72. The Balaban J connectivity index is 1.95. The number of nitrogens with zero attached hydrogens (tertiary/aromatic N) is 1. The van der Waals surface area contributed by atoms with Crippen molar-refractivity contribution in [1.82, 2.24) is 4.90 Å². The van der Waals surface area contributed by atoms with Crippen molar-refractivity contribution in [1.29, 1.82) is 0 Å². The van der Waals surface area contributed by atoms with Gasteiger partial charge in [-0.3, -0.25) is 0 Å². The number of nitrogens with two attached hydrogens (primary N) is 1. The van der Waals surface area contributed by atoms with Crippen molar-refractivity contribution in [2.45, 2.75) is 6.42 Å². The SMILES string of the molecule is COc1cccc(NCC2CCN(C)C2)c1N. The lowest BCUT2D eigenvalue weighted by Gasteiger charge is -2.15. The summed E-state index contributed by atoms with van der Waals surface area (Å²) in [5.41, 5.74) is 7.67. The summed E-state index contributed by atoms with van der Waals surface area (Å²) < 4.78 is 5.20. The highest BCUT2D eigenvalue weighted by molar-refractivity contribution is 5.72. The Kier molecular flexibility index (Phi) is 3.74. The molecule has 1 unspecified atom stereocenters. The van der Waals surface area contributed by atoms with Gasteiger partial charge in [-0.2, -0.15) is 0 Å². The molecule has 1 saturated heterocycles. The number of ether oxygens (including phenoxy) is 1. The molecule has 0 radical (unpaired) electrons. The van der Waals surface area contributed by atoms with Crippen LogP contribution in [0.5, 0.6) is 5.75 Å². The van der Waals surface area contributed by atoms with Crippen molar-refractivity contribution in [3.63, 3.8) is 0 Å². The molecule has 1 heterocycles. The predicted molar refractivity (Wildman–Crippen MR) is 71.5 cm³/mol. The normalized spacial score (nSPS) is 20.5. The summed E-state index contributed by atoms with van der Waals surface area (Å²) in [5, 5.41) is 3.42. The fraction of sp³-hybridized carbons (Fsp3) is 0.538. The number of hydrogen-bond donors (Lipinski definition) is 2. The predicted octanol–water partition coefficient (Wildman–Crippen LogP) is 1.64. The molecule has 0 spiro atoms. The number of likely N-dealkylation sites (tertiary alicyclic amines) is 1. The minimum atomic E-state index is 0.696. The van der Waals surface area contributed by atoms with Crippen LogP contribution < -0.4 is 15.8 Å². The van der Waals surface area contributed by atoms with Gasteiger partial charge in [-0.15, -0.1) is 0 Å². The van der Waals surface area contributed by atoms with Gasteiger partial charge in [-0.25, -0.2) is 0 Å². The van der Waals surface area contributed by atoms with Gasteiger partial charge in [-0.05, 0) is 38.1 Å². The van der Waals surface area contributed by atoms with Crippen LogP contribution in [-0.2, 0) is 0 Å². The molecule has 0 saturated carbocycles. The molecule has 4 heteroatoms. The van der Waals surface area contributed by atoms with Crippen molar-refractivity contribution >= 4 is 11.4 Å². The van der Waals surface area contributed by atoms with Gasteiger partial charge in [0.05, 0.1) is 18.5 Å². The Morgan fingerprint density at radius 3 is 3.00 bits per heavy atom. The van der Waals surface area contributed by atoms with Crippen LogP contribution in [0.1, 0.15) is 6.42 Å². The Hall–Kier alpha value is -1.42. The van der Waals surface area contributed by atoms with Crippen LogP contribution in [0, 0.1) is 5.92 Å². The van der Waals surface area contributed by atoms with Gasteiger partial charge in [0, 0.05) is 13.1 Å². The lowest BCUT2D eigenvalue weighted by molar-refractivity contribution is 0.399. The van der Waals surface area contributed by atoms with E-state index in [1.165, 1.54) is 13.0 Å². The Morgan fingerprint density at radius 2 is 2.35 bits per heavy atom. The molecular weight excluding hydrogens is 214 g/mol. The third-order valence-corrected chi connectivity index (χ3v) is 3.36. The monoisotopic (exact) mass is 235 g/mol. The molecule has 0 amide bonds. The van der Waals surface area contributed by atoms with E-state index in [0.717, 1.165) is 24.5 Å². The van der Waals surface area contributed by atoms with Gasteiger partial charge in [0.1, 0.15) is 5.75 Å². The molecule has 94 valence electrons. The largest absolute Gasteiger partial charge is 0.495 e. The average Bonchev–Trinajstić information content (AvgIpc) is 2.74. The van der Waals surface area contributed by atoms with Crippen molar-refractivity contribution in [2.75, 3.05) is 44.8 Å². The maximum atomic E-state index is 6.01. The quantitative estimate of drug-likeness (QED) is 0.779. The fourth-order valence-corrected chi connectivity index (χ4v) is 2.32. The average molecular weight is 235 g/mol. The van der Waals surface area contributed by atoms with E-state index in [9.17, 15) is 0 Å². The lowest BCUT2D eigenvalue weighted by atomic mass is 10.1. The molecule has 1 aliphatic heterocycles. The molecule has 0 bridgehead atoms. The summed E-state index contributed by atoms with van der Waals surface area (Å²) in [6.45, 7) is 3.33. The first-order valence-electron chi connectivity index (χ1n) is 6.05. The number of methoxy groups -OCH3 is 1. The standard InChI is InChI=1S/C13H21N3O/c1-16-7-6-10(9-16)8-15-11-4-3-5-12(17-2)13(11)14/h3-5,10,15H,6-9,14H2,1-2H3. The number of anilines is 2. The number of hydrogen-bond acceptors (Lipinski definition) is 4. The van der Waals surface area contributed by atoms with Crippen LogP contribution >= 0.6 is 0 Å². The first-order valence-corrected chi connectivity index (χ1v) is 6.05. The van der Waals surface area contributed by atoms with Crippen LogP contribution in [0.2, 0.25) is 0 Å². The molecule has 2 rings (SSSR count). The third kappa shape index (κ3) is 2.82. The second-order valence-electron chi connectivity index (χ2n) is 4.72. The van der Waals surface area contributed by atoms with E-state index >= 15 is 0 Å². The number of benzene rings is 1. The Labute approximate surface area is 103 Å². The minimum absolute atomic E-state index is 0.696. The van der Waals surface area contributed by atoms with Crippen LogP contribution in [0.15, 0.2) is 18.2 Å². The maximum Gasteiger partial charge on any atom is 0.143 e.